The predicted octanol–water partition coefficient (Wildman–Crippen LogP) is 0.181. The van der Waals surface area contributed by atoms with Gasteiger partial charge in [0.1, 0.15) is 11.2 Å². The highest BCUT2D eigenvalue weighted by molar-refractivity contribution is 5.98. The average molecular weight is 380 g/mol. The summed E-state index contributed by atoms with van der Waals surface area (Å²) in [5.74, 6) is -4.13. The zero-order chi connectivity index (χ0) is 19.7. The number of nitrogens with zero attached hydrogens (tertiary/aromatic N) is 2. The fourth-order valence-corrected chi connectivity index (χ4v) is 4.49. The number of hydrogen-bond donors (Lipinski definition) is 3. The lowest BCUT2D eigenvalue weighted by atomic mass is 9.83. The molecule has 4 unspecified atom stereocenters. The molecule has 4 N–H and O–H groups in total. The Bertz CT molecular complexity index is 913. The second-order valence-corrected chi connectivity index (χ2v) is 7.84. The SMILES string of the molecule is CC1CCC2(CC(C)(F)NO2)C2CN1C(=O)c1c(O)c(=O)c(C(N)=O)cn12. The molecular weight excluding hydrogens is 359 g/mol. The fourth-order valence-electron chi connectivity index (χ4n) is 4.49. The van der Waals surface area contributed by atoms with Crippen molar-refractivity contribution in [2.75, 3.05) is 6.54 Å². The number of hydrogen-bond acceptors (Lipinski definition) is 6. The van der Waals surface area contributed by atoms with Crippen LogP contribution in [-0.4, -0.2) is 50.4 Å². The van der Waals surface area contributed by atoms with E-state index in [4.69, 9.17) is 10.6 Å². The highest BCUT2D eigenvalue weighted by atomic mass is 19.1. The van der Waals surface area contributed by atoms with Crippen LogP contribution in [0.25, 0.3) is 0 Å². The molecule has 146 valence electrons. The number of halogens is 1. The third-order valence-corrected chi connectivity index (χ3v) is 5.87. The van der Waals surface area contributed by atoms with Gasteiger partial charge in [-0.3, -0.25) is 19.2 Å². The molecule has 0 radical (unpaired) electrons. The number of carbonyl (C=O) groups excluding carboxylic acids is 2. The van der Waals surface area contributed by atoms with E-state index in [-0.39, 0.29) is 24.7 Å². The smallest absolute Gasteiger partial charge is 0.274 e. The molecule has 2 amide bonds. The molecule has 0 saturated carbocycles. The minimum atomic E-state index is -1.77. The Morgan fingerprint density at radius 2 is 2.19 bits per heavy atom. The molecular formula is C17H21FN4O5. The number of nitrogens with one attached hydrogen (secondary N) is 1. The van der Waals surface area contributed by atoms with Gasteiger partial charge in [-0.05, 0) is 26.7 Å². The Hall–Kier alpha value is -2.46. The quantitative estimate of drug-likeness (QED) is 0.597. The van der Waals surface area contributed by atoms with Gasteiger partial charge < -0.3 is 20.3 Å². The van der Waals surface area contributed by atoms with Crippen molar-refractivity contribution >= 4 is 11.8 Å². The predicted molar refractivity (Wildman–Crippen MR) is 90.7 cm³/mol. The van der Waals surface area contributed by atoms with E-state index < -0.39 is 46.0 Å². The van der Waals surface area contributed by atoms with Gasteiger partial charge in [-0.1, -0.05) is 0 Å². The highest BCUT2D eigenvalue weighted by Crippen LogP contribution is 2.48. The molecule has 2 fully saturated rings. The third-order valence-electron chi connectivity index (χ3n) is 5.87. The number of fused-ring (bicyclic) bond motifs is 5. The van der Waals surface area contributed by atoms with Gasteiger partial charge in [0.2, 0.25) is 5.43 Å². The lowest BCUT2D eigenvalue weighted by Crippen LogP contribution is -2.52. The lowest BCUT2D eigenvalue weighted by Gasteiger charge is -2.42. The number of primary amides is 1. The van der Waals surface area contributed by atoms with Crippen molar-refractivity contribution in [3.8, 4) is 5.75 Å². The summed E-state index contributed by atoms with van der Waals surface area (Å²) in [7, 11) is 0. The summed E-state index contributed by atoms with van der Waals surface area (Å²) >= 11 is 0. The lowest BCUT2D eigenvalue weighted by molar-refractivity contribution is -0.103. The van der Waals surface area contributed by atoms with E-state index in [1.807, 2.05) is 6.92 Å². The maximum atomic E-state index is 14.6. The molecule has 27 heavy (non-hydrogen) atoms. The maximum absolute atomic E-state index is 14.6. The first-order chi connectivity index (χ1) is 12.6. The third kappa shape index (κ3) is 2.47. The van der Waals surface area contributed by atoms with Crippen LogP contribution in [0.4, 0.5) is 4.39 Å². The van der Waals surface area contributed by atoms with Crippen LogP contribution >= 0.6 is 0 Å². The van der Waals surface area contributed by atoms with Gasteiger partial charge in [0, 0.05) is 25.2 Å². The van der Waals surface area contributed by atoms with Crippen LogP contribution in [0.15, 0.2) is 11.0 Å². The van der Waals surface area contributed by atoms with Gasteiger partial charge in [0.05, 0.1) is 6.04 Å². The first-order valence-electron chi connectivity index (χ1n) is 8.79. The largest absolute Gasteiger partial charge is 0.503 e. The Balaban J connectivity index is 1.98. The fraction of sp³-hybridized carbons (Fsp3) is 0.588. The summed E-state index contributed by atoms with van der Waals surface area (Å²) in [6, 6.07) is -0.793. The average Bonchev–Trinajstić information content (AvgIpc) is 2.84. The van der Waals surface area contributed by atoms with Crippen molar-refractivity contribution in [2.24, 2.45) is 5.73 Å². The van der Waals surface area contributed by atoms with Crippen LogP contribution in [0.3, 0.4) is 0 Å². The number of amides is 2. The highest BCUT2D eigenvalue weighted by Gasteiger charge is 2.57. The zero-order valence-corrected chi connectivity index (χ0v) is 15.0. The van der Waals surface area contributed by atoms with E-state index in [1.54, 1.807) is 4.90 Å². The van der Waals surface area contributed by atoms with Crippen molar-refractivity contribution in [1.82, 2.24) is 14.9 Å². The van der Waals surface area contributed by atoms with Crippen molar-refractivity contribution in [3.63, 3.8) is 0 Å². The van der Waals surface area contributed by atoms with E-state index in [0.29, 0.717) is 12.8 Å². The summed E-state index contributed by atoms with van der Waals surface area (Å²) in [6.45, 7) is 3.42. The summed E-state index contributed by atoms with van der Waals surface area (Å²) in [5, 5.41) is 10.4. The van der Waals surface area contributed by atoms with Gasteiger partial charge >= 0.3 is 0 Å². The number of alkyl halides is 1. The van der Waals surface area contributed by atoms with Gasteiger partial charge in [-0.15, -0.1) is 0 Å². The molecule has 2 bridgehead atoms. The van der Waals surface area contributed by atoms with Gasteiger partial charge in [0.15, 0.2) is 17.2 Å². The summed E-state index contributed by atoms with van der Waals surface area (Å²) < 4.78 is 16.0. The number of nitrogens with two attached hydrogens (primary N) is 1. The molecule has 4 atom stereocenters. The Morgan fingerprint density at radius 3 is 2.78 bits per heavy atom. The number of aromatic nitrogens is 1. The molecule has 10 heteroatoms. The first-order valence-corrected chi connectivity index (χ1v) is 8.79. The minimum absolute atomic E-state index is 0.0116. The Labute approximate surface area is 153 Å². The number of pyridine rings is 1. The van der Waals surface area contributed by atoms with Crippen molar-refractivity contribution in [3.05, 3.63) is 27.7 Å². The van der Waals surface area contributed by atoms with Gasteiger partial charge in [-0.25, -0.2) is 4.39 Å². The molecule has 1 spiro atoms. The number of carbonyl (C=O) groups is 2. The number of hydroxylamine groups is 1. The maximum Gasteiger partial charge on any atom is 0.274 e. The molecule has 3 aliphatic heterocycles. The van der Waals surface area contributed by atoms with E-state index in [2.05, 4.69) is 5.48 Å². The van der Waals surface area contributed by atoms with Crippen LogP contribution in [0.2, 0.25) is 0 Å². The molecule has 1 aromatic heterocycles. The Morgan fingerprint density at radius 1 is 1.48 bits per heavy atom. The molecule has 4 rings (SSSR count). The van der Waals surface area contributed by atoms with Crippen molar-refractivity contribution in [2.45, 2.75) is 56.6 Å². The molecule has 0 aromatic carbocycles. The molecule has 1 aromatic rings. The summed E-state index contributed by atoms with van der Waals surface area (Å²) in [6.07, 6.45) is 2.20. The van der Waals surface area contributed by atoms with Crippen LogP contribution < -0.4 is 16.6 Å². The molecule has 3 aliphatic rings. The summed E-state index contributed by atoms with van der Waals surface area (Å²) in [4.78, 5) is 44.1. The second-order valence-electron chi connectivity index (χ2n) is 7.84. The standard InChI is InChI=1S/C17H21FN4O5/c1-8-3-4-17(7-16(2,18)20-27-17)10-6-21(8)15(26)11-13(24)12(23)9(14(19)25)5-22(10)11/h5,8,10,20,24H,3-4,6-7H2,1-2H3,(H2,19,25). The zero-order valence-electron chi connectivity index (χ0n) is 15.0. The molecule has 4 heterocycles. The normalized spacial score (nSPS) is 35.2. The van der Waals surface area contributed by atoms with Gasteiger partial charge in [-0.2, -0.15) is 5.48 Å². The van der Waals surface area contributed by atoms with Crippen LogP contribution in [0.5, 0.6) is 5.75 Å². The monoisotopic (exact) mass is 380 g/mol. The Kier molecular flexibility index (Phi) is 3.67. The minimum Gasteiger partial charge on any atom is -0.503 e. The molecule has 0 aliphatic carbocycles. The van der Waals surface area contributed by atoms with Crippen molar-refractivity contribution < 1.29 is 23.9 Å². The summed E-state index contributed by atoms with van der Waals surface area (Å²) in [5.41, 5.74) is 4.99. The topological polar surface area (TPSA) is 127 Å². The van der Waals surface area contributed by atoms with Gasteiger partial charge in [0.25, 0.3) is 11.8 Å². The van der Waals surface area contributed by atoms with E-state index in [0.717, 1.165) is 0 Å². The number of rotatable bonds is 1. The second kappa shape index (κ2) is 5.52. The number of aromatic hydroxyl groups is 1. The van der Waals surface area contributed by atoms with Crippen LogP contribution in [0.1, 0.15) is 60.0 Å². The van der Waals surface area contributed by atoms with Crippen molar-refractivity contribution in [1.29, 1.82) is 0 Å². The van der Waals surface area contributed by atoms with E-state index in [1.165, 1.54) is 17.7 Å². The van der Waals surface area contributed by atoms with Crippen LogP contribution in [-0.2, 0) is 4.84 Å². The van der Waals surface area contributed by atoms with Crippen LogP contribution in [0, 0.1) is 0 Å². The van der Waals surface area contributed by atoms with E-state index in [9.17, 15) is 23.9 Å². The first kappa shape index (κ1) is 17.9. The van der Waals surface area contributed by atoms with E-state index >= 15 is 0 Å². The molecule has 9 nitrogen and oxygen atoms in total. The molecule has 2 saturated heterocycles.